The molecule has 2 aromatic carbocycles. The van der Waals surface area contributed by atoms with Crippen LogP contribution in [0.3, 0.4) is 0 Å². The molecule has 0 aliphatic carbocycles. The Kier molecular flexibility index (Phi) is 2.27. The zero-order valence-electron chi connectivity index (χ0n) is 8.94. The van der Waals surface area contributed by atoms with Gasteiger partial charge < -0.3 is 10.7 Å². The Balaban J connectivity index is 2.20. The maximum atomic E-state index is 5.98. The van der Waals surface area contributed by atoms with Crippen LogP contribution < -0.4 is 5.73 Å². The second-order valence-electron chi connectivity index (χ2n) is 3.88. The highest BCUT2D eigenvalue weighted by atomic mass is 35.5. The van der Waals surface area contributed by atoms with Crippen molar-refractivity contribution in [1.82, 2.24) is 9.97 Å². The molecule has 17 heavy (non-hydrogen) atoms. The van der Waals surface area contributed by atoms with Crippen LogP contribution in [0.4, 0.5) is 5.69 Å². The van der Waals surface area contributed by atoms with Crippen molar-refractivity contribution in [3.05, 3.63) is 47.5 Å². The quantitative estimate of drug-likeness (QED) is 0.643. The number of aromatic amines is 1. The van der Waals surface area contributed by atoms with Crippen molar-refractivity contribution in [3.63, 3.8) is 0 Å². The molecule has 0 atom stereocenters. The fraction of sp³-hybridized carbons (Fsp3) is 0. The standard InChI is InChI=1S/C13H10ClN3/c14-9-5-8(6-10(15)7-9)13-16-11-3-1-2-4-12(11)17-13/h1-7H,15H2,(H,16,17). The number of fused-ring (bicyclic) bond motifs is 1. The summed E-state index contributed by atoms with van der Waals surface area (Å²) in [5.41, 5.74) is 9.22. The lowest BCUT2D eigenvalue weighted by molar-refractivity contribution is 1.34. The van der Waals surface area contributed by atoms with E-state index in [0.717, 1.165) is 22.4 Å². The summed E-state index contributed by atoms with van der Waals surface area (Å²) in [5, 5.41) is 0.612. The highest BCUT2D eigenvalue weighted by Gasteiger charge is 2.06. The normalized spacial score (nSPS) is 10.9. The Hall–Kier alpha value is -2.00. The maximum Gasteiger partial charge on any atom is 0.138 e. The van der Waals surface area contributed by atoms with Gasteiger partial charge in [-0.1, -0.05) is 23.7 Å². The van der Waals surface area contributed by atoms with Crippen LogP contribution in [0.2, 0.25) is 5.02 Å². The van der Waals surface area contributed by atoms with Crippen molar-refractivity contribution in [2.24, 2.45) is 0 Å². The van der Waals surface area contributed by atoms with E-state index in [-0.39, 0.29) is 0 Å². The second kappa shape index (κ2) is 3.79. The van der Waals surface area contributed by atoms with Crippen LogP contribution in [0.25, 0.3) is 22.4 Å². The molecule has 84 valence electrons. The SMILES string of the molecule is Nc1cc(Cl)cc(-c2nc3ccccc3[nH]2)c1. The monoisotopic (exact) mass is 243 g/mol. The zero-order valence-corrected chi connectivity index (χ0v) is 9.70. The summed E-state index contributed by atoms with van der Waals surface area (Å²) in [6.45, 7) is 0. The number of nitrogens with zero attached hydrogens (tertiary/aromatic N) is 1. The maximum absolute atomic E-state index is 5.98. The Bertz CT molecular complexity index is 635. The van der Waals surface area contributed by atoms with Crippen molar-refractivity contribution in [2.45, 2.75) is 0 Å². The summed E-state index contributed by atoms with van der Waals surface area (Å²) in [6, 6.07) is 13.3. The number of nitrogens with two attached hydrogens (primary N) is 1. The number of H-pyrrole nitrogens is 1. The predicted octanol–water partition coefficient (Wildman–Crippen LogP) is 3.47. The lowest BCUT2D eigenvalue weighted by Crippen LogP contribution is -1.87. The molecule has 0 aliphatic heterocycles. The van der Waals surface area contributed by atoms with Crippen molar-refractivity contribution in [3.8, 4) is 11.4 Å². The molecule has 3 aromatic rings. The number of halogens is 1. The molecule has 3 rings (SSSR count). The summed E-state index contributed by atoms with van der Waals surface area (Å²) < 4.78 is 0. The first kappa shape index (κ1) is 10.2. The van der Waals surface area contributed by atoms with Crippen LogP contribution in [0.15, 0.2) is 42.5 Å². The minimum atomic E-state index is 0.612. The van der Waals surface area contributed by atoms with Crippen LogP contribution in [0.1, 0.15) is 0 Å². The number of aromatic nitrogens is 2. The van der Waals surface area contributed by atoms with E-state index in [4.69, 9.17) is 17.3 Å². The van der Waals surface area contributed by atoms with Gasteiger partial charge in [-0.25, -0.2) is 4.98 Å². The van der Waals surface area contributed by atoms with Crippen molar-refractivity contribution in [1.29, 1.82) is 0 Å². The minimum absolute atomic E-state index is 0.612. The van der Waals surface area contributed by atoms with E-state index in [0.29, 0.717) is 10.7 Å². The van der Waals surface area contributed by atoms with Gasteiger partial charge in [0.15, 0.2) is 0 Å². The van der Waals surface area contributed by atoms with E-state index in [1.165, 1.54) is 0 Å². The molecule has 0 unspecified atom stereocenters. The fourth-order valence-electron chi connectivity index (χ4n) is 1.84. The number of rotatable bonds is 1. The third-order valence-corrected chi connectivity index (χ3v) is 2.80. The van der Waals surface area contributed by atoms with Gasteiger partial charge in [0.1, 0.15) is 5.82 Å². The van der Waals surface area contributed by atoms with Gasteiger partial charge in [0.2, 0.25) is 0 Å². The molecule has 0 radical (unpaired) electrons. The molecule has 4 heteroatoms. The van der Waals surface area contributed by atoms with Crippen molar-refractivity contribution >= 4 is 28.3 Å². The molecule has 0 fully saturated rings. The molecular weight excluding hydrogens is 234 g/mol. The van der Waals surface area contributed by atoms with E-state index in [1.807, 2.05) is 36.4 Å². The summed E-state index contributed by atoms with van der Waals surface area (Å²) in [7, 11) is 0. The van der Waals surface area contributed by atoms with Crippen LogP contribution in [0, 0.1) is 0 Å². The van der Waals surface area contributed by atoms with Gasteiger partial charge in [-0.15, -0.1) is 0 Å². The Morgan fingerprint density at radius 2 is 1.94 bits per heavy atom. The average Bonchev–Trinajstić information content (AvgIpc) is 2.71. The summed E-state index contributed by atoms with van der Waals surface area (Å²) >= 11 is 5.98. The summed E-state index contributed by atoms with van der Waals surface area (Å²) in [5.74, 6) is 0.778. The molecule has 3 nitrogen and oxygen atoms in total. The topological polar surface area (TPSA) is 54.7 Å². The van der Waals surface area contributed by atoms with Gasteiger partial charge in [0.05, 0.1) is 11.0 Å². The van der Waals surface area contributed by atoms with Crippen LogP contribution in [-0.4, -0.2) is 9.97 Å². The van der Waals surface area contributed by atoms with Crippen LogP contribution >= 0.6 is 11.6 Å². The summed E-state index contributed by atoms with van der Waals surface area (Å²) in [6.07, 6.45) is 0. The largest absolute Gasteiger partial charge is 0.399 e. The van der Waals surface area contributed by atoms with E-state index in [1.54, 1.807) is 6.07 Å². The number of nitrogen functional groups attached to an aromatic ring is 1. The number of nitrogens with one attached hydrogen (secondary N) is 1. The van der Waals surface area contributed by atoms with Gasteiger partial charge in [0, 0.05) is 16.3 Å². The van der Waals surface area contributed by atoms with Crippen LogP contribution in [-0.2, 0) is 0 Å². The first-order valence-electron chi connectivity index (χ1n) is 5.23. The van der Waals surface area contributed by atoms with Gasteiger partial charge in [-0.05, 0) is 30.3 Å². The molecular formula is C13H10ClN3. The molecule has 0 amide bonds. The second-order valence-corrected chi connectivity index (χ2v) is 4.31. The molecule has 1 aromatic heterocycles. The molecule has 3 N–H and O–H groups in total. The van der Waals surface area contributed by atoms with Crippen molar-refractivity contribution in [2.75, 3.05) is 5.73 Å². The number of imidazole rings is 1. The molecule has 0 aliphatic rings. The van der Waals surface area contributed by atoms with Crippen LogP contribution in [0.5, 0.6) is 0 Å². The number of para-hydroxylation sites is 2. The number of anilines is 1. The lowest BCUT2D eigenvalue weighted by atomic mass is 10.2. The fourth-order valence-corrected chi connectivity index (χ4v) is 2.08. The molecule has 0 saturated carbocycles. The highest BCUT2D eigenvalue weighted by molar-refractivity contribution is 6.31. The number of hydrogen-bond donors (Lipinski definition) is 2. The Morgan fingerprint density at radius 3 is 2.71 bits per heavy atom. The van der Waals surface area contributed by atoms with E-state index < -0.39 is 0 Å². The molecule has 0 bridgehead atoms. The van der Waals surface area contributed by atoms with E-state index >= 15 is 0 Å². The smallest absolute Gasteiger partial charge is 0.138 e. The minimum Gasteiger partial charge on any atom is -0.399 e. The average molecular weight is 244 g/mol. The zero-order chi connectivity index (χ0) is 11.8. The lowest BCUT2D eigenvalue weighted by Gasteiger charge is -2.00. The predicted molar refractivity (Wildman–Crippen MR) is 71.0 cm³/mol. The van der Waals surface area contributed by atoms with E-state index in [2.05, 4.69) is 9.97 Å². The molecule has 0 spiro atoms. The first-order chi connectivity index (χ1) is 8.22. The highest BCUT2D eigenvalue weighted by Crippen LogP contribution is 2.25. The first-order valence-corrected chi connectivity index (χ1v) is 5.61. The van der Waals surface area contributed by atoms with Crippen molar-refractivity contribution < 1.29 is 0 Å². The Morgan fingerprint density at radius 1 is 1.12 bits per heavy atom. The van der Waals surface area contributed by atoms with Gasteiger partial charge >= 0.3 is 0 Å². The third kappa shape index (κ3) is 1.85. The molecule has 0 saturated heterocycles. The Labute approximate surface area is 103 Å². The molecule has 1 heterocycles. The van der Waals surface area contributed by atoms with Gasteiger partial charge in [-0.3, -0.25) is 0 Å². The van der Waals surface area contributed by atoms with Gasteiger partial charge in [-0.2, -0.15) is 0 Å². The van der Waals surface area contributed by atoms with Gasteiger partial charge in [0.25, 0.3) is 0 Å². The third-order valence-electron chi connectivity index (χ3n) is 2.58. The summed E-state index contributed by atoms with van der Waals surface area (Å²) in [4.78, 5) is 7.74. The number of hydrogen-bond acceptors (Lipinski definition) is 2. The number of benzene rings is 2. The van der Waals surface area contributed by atoms with E-state index in [9.17, 15) is 0 Å².